The van der Waals surface area contributed by atoms with Crippen LogP contribution in [0.4, 0.5) is 0 Å². The second-order valence-electron chi connectivity index (χ2n) is 2.05. The van der Waals surface area contributed by atoms with Crippen LogP contribution in [0.3, 0.4) is 0 Å². The molecule has 2 nitrogen and oxygen atoms in total. The standard InChI is InChI=1S/C6H14O2Te/c7-5-3-1-2-4-6(8)9/h6-9H,1-5H2. The molecule has 0 aliphatic rings. The number of hydrogen-bond donors (Lipinski definition) is 2. The van der Waals surface area contributed by atoms with Crippen LogP contribution in [-0.2, 0) is 0 Å². The summed E-state index contributed by atoms with van der Waals surface area (Å²) in [5.74, 6) is 0. The molecule has 0 aliphatic heterocycles. The topological polar surface area (TPSA) is 40.5 Å². The molecule has 0 aromatic carbocycles. The Labute approximate surface area is 69.2 Å². The first-order chi connectivity index (χ1) is 4.27. The molecule has 2 N–H and O–H groups in total. The minimum absolute atomic E-state index is 0.127. The molecule has 0 fully saturated rings. The molecular formula is C6H14O2Te. The summed E-state index contributed by atoms with van der Waals surface area (Å²) in [6, 6.07) is 0. The van der Waals surface area contributed by atoms with E-state index in [1.807, 2.05) is 0 Å². The Bertz CT molecular complexity index is 57.0. The fraction of sp³-hybridized carbons (Fsp3) is 1.00. The van der Waals surface area contributed by atoms with Gasteiger partial charge in [-0.3, -0.25) is 0 Å². The summed E-state index contributed by atoms with van der Waals surface area (Å²) in [6.07, 6.45) is 3.83. The molecular weight excluding hydrogens is 232 g/mol. The summed E-state index contributed by atoms with van der Waals surface area (Å²) >= 11 is 1.46. The Morgan fingerprint density at radius 1 is 1.22 bits per heavy atom. The van der Waals surface area contributed by atoms with Crippen molar-refractivity contribution in [3.05, 3.63) is 0 Å². The number of rotatable bonds is 5. The normalized spacial score (nSPS) is 13.7. The summed E-state index contributed by atoms with van der Waals surface area (Å²) in [6.45, 7) is 0.282. The van der Waals surface area contributed by atoms with E-state index in [9.17, 15) is 0 Å². The molecule has 1 atom stereocenters. The van der Waals surface area contributed by atoms with Gasteiger partial charge in [-0.15, -0.1) is 0 Å². The zero-order valence-corrected chi connectivity index (χ0v) is 8.01. The van der Waals surface area contributed by atoms with Crippen LogP contribution in [0.5, 0.6) is 0 Å². The van der Waals surface area contributed by atoms with Crippen molar-refractivity contribution < 1.29 is 10.2 Å². The number of aliphatic hydroxyl groups excluding tert-OH is 2. The van der Waals surface area contributed by atoms with E-state index in [1.54, 1.807) is 0 Å². The van der Waals surface area contributed by atoms with E-state index in [2.05, 4.69) is 0 Å². The first-order valence-corrected chi connectivity index (χ1v) is 4.71. The molecule has 0 rings (SSSR count). The molecule has 9 heavy (non-hydrogen) atoms. The molecule has 0 amide bonds. The average Bonchev–Trinajstić information content (AvgIpc) is 1.80. The van der Waals surface area contributed by atoms with Crippen molar-refractivity contribution in [2.45, 2.75) is 29.8 Å². The quantitative estimate of drug-likeness (QED) is 0.519. The van der Waals surface area contributed by atoms with Gasteiger partial charge in [-0.25, -0.2) is 0 Å². The van der Waals surface area contributed by atoms with Gasteiger partial charge >= 0.3 is 68.9 Å². The van der Waals surface area contributed by atoms with Gasteiger partial charge in [-0.1, -0.05) is 0 Å². The first-order valence-electron chi connectivity index (χ1n) is 3.24. The fourth-order valence-electron chi connectivity index (χ4n) is 0.615. The van der Waals surface area contributed by atoms with Gasteiger partial charge in [0.15, 0.2) is 0 Å². The summed E-state index contributed by atoms with van der Waals surface area (Å²) in [7, 11) is 0. The molecule has 0 aromatic heterocycles. The van der Waals surface area contributed by atoms with Crippen molar-refractivity contribution in [1.82, 2.24) is 0 Å². The zero-order valence-electron chi connectivity index (χ0n) is 5.45. The van der Waals surface area contributed by atoms with E-state index in [0.717, 1.165) is 25.7 Å². The Balaban J connectivity index is 2.75. The summed E-state index contributed by atoms with van der Waals surface area (Å²) in [4.78, 5) is 0. The van der Waals surface area contributed by atoms with Gasteiger partial charge in [0.25, 0.3) is 0 Å². The molecule has 0 aliphatic carbocycles. The van der Waals surface area contributed by atoms with Gasteiger partial charge < -0.3 is 0 Å². The maximum absolute atomic E-state index is 8.81. The average molecular weight is 246 g/mol. The Kier molecular flexibility index (Phi) is 7.36. The molecule has 0 saturated heterocycles. The van der Waals surface area contributed by atoms with Crippen LogP contribution in [0.1, 0.15) is 25.7 Å². The molecule has 0 saturated carbocycles. The molecule has 0 aromatic rings. The van der Waals surface area contributed by atoms with Crippen LogP contribution < -0.4 is 0 Å². The van der Waals surface area contributed by atoms with Crippen molar-refractivity contribution in [2.75, 3.05) is 6.61 Å². The third-order valence-corrected chi connectivity index (χ3v) is 1.86. The minimum atomic E-state index is -0.127. The van der Waals surface area contributed by atoms with Gasteiger partial charge in [0.2, 0.25) is 0 Å². The van der Waals surface area contributed by atoms with E-state index in [1.165, 1.54) is 22.3 Å². The Morgan fingerprint density at radius 3 is 2.33 bits per heavy atom. The molecule has 0 bridgehead atoms. The van der Waals surface area contributed by atoms with Gasteiger partial charge in [0, 0.05) is 0 Å². The van der Waals surface area contributed by atoms with Gasteiger partial charge in [-0.05, 0) is 0 Å². The third kappa shape index (κ3) is 8.71. The zero-order chi connectivity index (χ0) is 7.11. The Morgan fingerprint density at radius 2 is 1.89 bits per heavy atom. The molecule has 3 heteroatoms. The van der Waals surface area contributed by atoms with E-state index in [0.29, 0.717) is 0 Å². The predicted molar refractivity (Wildman–Crippen MR) is 38.7 cm³/mol. The van der Waals surface area contributed by atoms with E-state index in [4.69, 9.17) is 10.2 Å². The van der Waals surface area contributed by atoms with Crippen LogP contribution in [0.15, 0.2) is 0 Å². The predicted octanol–water partition coefficient (Wildman–Crippen LogP) is -0.242. The first kappa shape index (κ1) is 9.71. The molecule has 56 valence electrons. The molecule has 0 heterocycles. The summed E-state index contributed by atoms with van der Waals surface area (Å²) in [5.41, 5.74) is 0. The van der Waals surface area contributed by atoms with Crippen LogP contribution in [0, 0.1) is 0 Å². The van der Waals surface area contributed by atoms with Crippen molar-refractivity contribution in [3.63, 3.8) is 0 Å². The third-order valence-electron chi connectivity index (χ3n) is 1.12. The van der Waals surface area contributed by atoms with Crippen LogP contribution in [-0.4, -0.2) is 43.3 Å². The van der Waals surface area contributed by atoms with E-state index < -0.39 is 0 Å². The van der Waals surface area contributed by atoms with Crippen molar-refractivity contribution in [2.24, 2.45) is 0 Å². The van der Waals surface area contributed by atoms with E-state index in [-0.39, 0.29) is 10.8 Å². The van der Waals surface area contributed by atoms with Crippen LogP contribution in [0.25, 0.3) is 0 Å². The Hall–Kier alpha value is 0.710. The summed E-state index contributed by atoms with van der Waals surface area (Å²) < 4.78 is -0.127. The second-order valence-corrected chi connectivity index (χ2v) is 3.75. The number of aliphatic hydroxyl groups is 2. The van der Waals surface area contributed by atoms with Crippen molar-refractivity contribution in [1.29, 1.82) is 0 Å². The molecule has 0 spiro atoms. The summed E-state index contributed by atoms with van der Waals surface area (Å²) in [5, 5.41) is 17.2. The molecule has 1 unspecified atom stereocenters. The second kappa shape index (κ2) is 6.82. The van der Waals surface area contributed by atoms with Crippen molar-refractivity contribution >= 4 is 22.3 Å². The monoisotopic (exact) mass is 248 g/mol. The van der Waals surface area contributed by atoms with Gasteiger partial charge in [0.05, 0.1) is 0 Å². The van der Waals surface area contributed by atoms with E-state index >= 15 is 0 Å². The maximum atomic E-state index is 8.81. The van der Waals surface area contributed by atoms with Crippen LogP contribution >= 0.6 is 0 Å². The van der Waals surface area contributed by atoms with Gasteiger partial charge in [-0.2, -0.15) is 0 Å². The fourth-order valence-corrected chi connectivity index (χ4v) is 1.14. The van der Waals surface area contributed by atoms with Gasteiger partial charge in [0.1, 0.15) is 0 Å². The van der Waals surface area contributed by atoms with Crippen molar-refractivity contribution in [3.8, 4) is 0 Å². The SMILES string of the molecule is OCCCCCC(O)[TeH]. The number of hydrogen-bond acceptors (Lipinski definition) is 2. The van der Waals surface area contributed by atoms with Crippen LogP contribution in [0.2, 0.25) is 0 Å². The molecule has 0 radical (unpaired) electrons. The number of unbranched alkanes of at least 4 members (excludes halogenated alkanes) is 2.